The fourth-order valence-electron chi connectivity index (χ4n) is 1.40. The monoisotopic (exact) mass is 249 g/mol. The van der Waals surface area contributed by atoms with Gasteiger partial charge in [-0.15, -0.1) is 6.58 Å². The molecule has 0 fully saturated rings. The summed E-state index contributed by atoms with van der Waals surface area (Å²) in [6.45, 7) is 7.32. The number of aliphatic hydroxyl groups excluding tert-OH is 1. The van der Waals surface area contributed by atoms with E-state index in [9.17, 15) is 9.90 Å². The van der Waals surface area contributed by atoms with E-state index in [4.69, 9.17) is 4.74 Å². The maximum atomic E-state index is 11.6. The summed E-state index contributed by atoms with van der Waals surface area (Å²) in [7, 11) is 0. The Morgan fingerprint density at radius 3 is 2.56 bits per heavy atom. The zero-order valence-electron chi connectivity index (χ0n) is 10.7. The molecule has 1 aromatic rings. The smallest absolute Gasteiger partial charge is 0.261 e. The molecule has 98 valence electrons. The molecule has 2 atom stereocenters. The Labute approximate surface area is 107 Å². The van der Waals surface area contributed by atoms with Gasteiger partial charge in [-0.3, -0.25) is 4.79 Å². The zero-order chi connectivity index (χ0) is 13.5. The number of hydrogen-bond acceptors (Lipinski definition) is 3. The van der Waals surface area contributed by atoms with Gasteiger partial charge in [-0.2, -0.15) is 0 Å². The fraction of sp³-hybridized carbons (Fsp3) is 0.357. The minimum Gasteiger partial charge on any atom is -0.481 e. The van der Waals surface area contributed by atoms with Crippen LogP contribution in [-0.4, -0.2) is 23.7 Å². The quantitative estimate of drug-likeness (QED) is 0.756. The van der Waals surface area contributed by atoms with Crippen molar-refractivity contribution in [1.82, 2.24) is 5.32 Å². The molecule has 18 heavy (non-hydrogen) atoms. The normalized spacial score (nSPS) is 13.5. The lowest BCUT2D eigenvalue weighted by molar-refractivity contribution is -0.127. The first-order valence-corrected chi connectivity index (χ1v) is 5.88. The molecule has 1 rings (SSSR count). The summed E-state index contributed by atoms with van der Waals surface area (Å²) >= 11 is 0. The first-order valence-electron chi connectivity index (χ1n) is 5.88. The molecule has 0 aliphatic heterocycles. The van der Waals surface area contributed by atoms with E-state index >= 15 is 0 Å². The molecule has 0 radical (unpaired) electrons. The van der Waals surface area contributed by atoms with Crippen LogP contribution in [0.15, 0.2) is 36.9 Å². The number of carbonyl (C=O) groups is 1. The highest BCUT2D eigenvalue weighted by Gasteiger charge is 2.13. The van der Waals surface area contributed by atoms with E-state index in [1.54, 1.807) is 44.2 Å². The van der Waals surface area contributed by atoms with Crippen molar-refractivity contribution in [3.8, 4) is 5.75 Å². The van der Waals surface area contributed by atoms with Crippen LogP contribution in [0.3, 0.4) is 0 Å². The lowest BCUT2D eigenvalue weighted by Crippen LogP contribution is -2.36. The van der Waals surface area contributed by atoms with E-state index in [-0.39, 0.29) is 5.91 Å². The van der Waals surface area contributed by atoms with E-state index in [1.807, 2.05) is 0 Å². The van der Waals surface area contributed by atoms with Gasteiger partial charge in [0.2, 0.25) is 0 Å². The third kappa shape index (κ3) is 4.22. The van der Waals surface area contributed by atoms with Gasteiger partial charge < -0.3 is 15.2 Å². The molecule has 0 aliphatic rings. The number of nitrogens with one attached hydrogen (secondary N) is 1. The molecule has 1 aromatic carbocycles. The Balaban J connectivity index is 2.56. The minimum absolute atomic E-state index is 0.186. The van der Waals surface area contributed by atoms with Crippen LogP contribution < -0.4 is 10.1 Å². The van der Waals surface area contributed by atoms with Crippen molar-refractivity contribution in [2.24, 2.45) is 0 Å². The highest BCUT2D eigenvalue weighted by Crippen LogP contribution is 2.18. The number of ether oxygens (including phenoxy) is 1. The van der Waals surface area contributed by atoms with Gasteiger partial charge in [-0.25, -0.2) is 0 Å². The number of carbonyl (C=O) groups excluding carboxylic acids is 1. The predicted octanol–water partition coefficient (Wildman–Crippen LogP) is 1.81. The van der Waals surface area contributed by atoms with Gasteiger partial charge in [0.15, 0.2) is 6.10 Å². The Hall–Kier alpha value is -1.81. The lowest BCUT2D eigenvalue weighted by atomic mass is 10.1. The molecule has 0 spiro atoms. The van der Waals surface area contributed by atoms with Gasteiger partial charge in [-0.1, -0.05) is 18.2 Å². The van der Waals surface area contributed by atoms with E-state index in [0.29, 0.717) is 12.3 Å². The molecular formula is C14H19NO3. The van der Waals surface area contributed by atoms with Crippen LogP contribution in [0, 0.1) is 0 Å². The third-order valence-corrected chi connectivity index (χ3v) is 2.47. The largest absolute Gasteiger partial charge is 0.481 e. The number of hydrogen-bond donors (Lipinski definition) is 2. The summed E-state index contributed by atoms with van der Waals surface area (Å²) in [5, 5.41) is 12.0. The van der Waals surface area contributed by atoms with Crippen molar-refractivity contribution >= 4 is 5.91 Å². The molecule has 4 nitrogen and oxygen atoms in total. The maximum absolute atomic E-state index is 11.6. The van der Waals surface area contributed by atoms with Gasteiger partial charge in [0.25, 0.3) is 5.91 Å². The van der Waals surface area contributed by atoms with Gasteiger partial charge >= 0.3 is 0 Å². The van der Waals surface area contributed by atoms with Gasteiger partial charge in [0.05, 0.1) is 6.10 Å². The Bertz CT molecular complexity index is 398. The number of benzene rings is 1. The molecule has 0 saturated heterocycles. The van der Waals surface area contributed by atoms with Crippen molar-refractivity contribution in [2.45, 2.75) is 26.1 Å². The number of amides is 1. The topological polar surface area (TPSA) is 58.6 Å². The highest BCUT2D eigenvalue weighted by atomic mass is 16.5. The van der Waals surface area contributed by atoms with Crippen molar-refractivity contribution in [3.05, 3.63) is 42.5 Å². The average Bonchev–Trinajstić information content (AvgIpc) is 2.36. The van der Waals surface area contributed by atoms with Crippen LogP contribution in [0.25, 0.3) is 0 Å². The summed E-state index contributed by atoms with van der Waals surface area (Å²) in [5.74, 6) is 0.412. The van der Waals surface area contributed by atoms with E-state index in [0.717, 1.165) is 5.56 Å². The Morgan fingerprint density at radius 2 is 2.06 bits per heavy atom. The van der Waals surface area contributed by atoms with E-state index in [1.165, 1.54) is 0 Å². The molecule has 4 heteroatoms. The minimum atomic E-state index is -0.567. The molecule has 0 saturated carbocycles. The van der Waals surface area contributed by atoms with Crippen molar-refractivity contribution in [2.75, 3.05) is 6.54 Å². The second kappa shape index (κ2) is 6.81. The summed E-state index contributed by atoms with van der Waals surface area (Å²) in [5.41, 5.74) is 0.811. The SMILES string of the molecule is C=CCNC(=O)C(C)Oc1ccc([C@H](C)O)cc1. The second-order valence-corrected chi connectivity index (χ2v) is 4.04. The Morgan fingerprint density at radius 1 is 1.44 bits per heavy atom. The molecule has 0 bridgehead atoms. The first-order chi connectivity index (χ1) is 8.54. The van der Waals surface area contributed by atoms with Crippen LogP contribution in [0.5, 0.6) is 5.75 Å². The van der Waals surface area contributed by atoms with Crippen molar-refractivity contribution in [3.63, 3.8) is 0 Å². The summed E-state index contributed by atoms with van der Waals surface area (Å²) < 4.78 is 5.48. The van der Waals surface area contributed by atoms with Crippen LogP contribution in [0.2, 0.25) is 0 Å². The van der Waals surface area contributed by atoms with E-state index in [2.05, 4.69) is 11.9 Å². The fourth-order valence-corrected chi connectivity index (χ4v) is 1.40. The zero-order valence-corrected chi connectivity index (χ0v) is 10.7. The molecule has 2 N–H and O–H groups in total. The molecule has 1 amide bonds. The second-order valence-electron chi connectivity index (χ2n) is 4.04. The number of aliphatic hydroxyl groups is 1. The predicted molar refractivity (Wildman–Crippen MR) is 70.4 cm³/mol. The summed E-state index contributed by atoms with van der Waals surface area (Å²) in [6.07, 6.45) is 0.539. The van der Waals surface area contributed by atoms with Gasteiger partial charge in [-0.05, 0) is 31.5 Å². The Kier molecular flexibility index (Phi) is 5.39. The summed E-state index contributed by atoms with van der Waals surface area (Å²) in [4.78, 5) is 11.6. The maximum Gasteiger partial charge on any atom is 0.261 e. The summed E-state index contributed by atoms with van der Waals surface area (Å²) in [6, 6.07) is 7.02. The molecule has 0 aromatic heterocycles. The van der Waals surface area contributed by atoms with E-state index < -0.39 is 12.2 Å². The molecule has 0 aliphatic carbocycles. The standard InChI is InChI=1S/C14H19NO3/c1-4-9-15-14(17)11(3)18-13-7-5-12(6-8-13)10(2)16/h4-8,10-11,16H,1,9H2,2-3H3,(H,15,17)/t10-,11?/m0/s1. The molecule has 0 heterocycles. The highest BCUT2D eigenvalue weighted by molar-refractivity contribution is 5.80. The molecular weight excluding hydrogens is 230 g/mol. The van der Waals surface area contributed by atoms with Gasteiger partial charge in [0.1, 0.15) is 5.75 Å². The third-order valence-electron chi connectivity index (χ3n) is 2.47. The van der Waals surface area contributed by atoms with Crippen molar-refractivity contribution < 1.29 is 14.6 Å². The van der Waals surface area contributed by atoms with Crippen LogP contribution in [-0.2, 0) is 4.79 Å². The van der Waals surface area contributed by atoms with Crippen LogP contribution in [0.4, 0.5) is 0 Å². The van der Waals surface area contributed by atoms with Gasteiger partial charge in [0, 0.05) is 6.54 Å². The molecule has 1 unspecified atom stereocenters. The first kappa shape index (κ1) is 14.3. The number of rotatable bonds is 6. The average molecular weight is 249 g/mol. The van der Waals surface area contributed by atoms with Crippen LogP contribution in [0.1, 0.15) is 25.5 Å². The van der Waals surface area contributed by atoms with Crippen LogP contribution >= 0.6 is 0 Å². The lowest BCUT2D eigenvalue weighted by Gasteiger charge is -2.14. The van der Waals surface area contributed by atoms with Crippen molar-refractivity contribution in [1.29, 1.82) is 0 Å².